The van der Waals surface area contributed by atoms with Crippen molar-refractivity contribution < 1.29 is 17.9 Å². The van der Waals surface area contributed by atoms with Crippen LogP contribution in [-0.4, -0.2) is 45.9 Å². The topological polar surface area (TPSA) is 66.9 Å². The van der Waals surface area contributed by atoms with Gasteiger partial charge in [-0.2, -0.15) is 0 Å². The number of hydrogen-bond donors (Lipinski definition) is 0. The van der Waals surface area contributed by atoms with Crippen molar-refractivity contribution in [2.45, 2.75) is 25.2 Å². The van der Waals surface area contributed by atoms with Crippen molar-refractivity contribution in [1.29, 1.82) is 0 Å². The third kappa shape index (κ3) is 3.84. The minimum Gasteiger partial charge on any atom is -0.483 e. The first-order valence-corrected chi connectivity index (χ1v) is 10.2. The van der Waals surface area contributed by atoms with Gasteiger partial charge in [0.1, 0.15) is 5.75 Å². The van der Waals surface area contributed by atoms with Crippen molar-refractivity contribution in [3.8, 4) is 5.75 Å². The highest BCUT2D eigenvalue weighted by molar-refractivity contribution is 7.89. The Bertz CT molecular complexity index is 983. The number of amides is 1. The van der Waals surface area contributed by atoms with E-state index in [1.54, 1.807) is 23.1 Å². The number of nitrogens with zero attached hydrogens (tertiary/aromatic N) is 2. The van der Waals surface area contributed by atoms with E-state index in [0.717, 1.165) is 22.4 Å². The molecular weight excluding hydrogens is 364 g/mol. The number of sulfonamides is 1. The third-order valence-corrected chi connectivity index (χ3v) is 6.52. The van der Waals surface area contributed by atoms with Gasteiger partial charge in [-0.25, -0.2) is 12.7 Å². The van der Waals surface area contributed by atoms with E-state index < -0.39 is 10.0 Å². The maximum absolute atomic E-state index is 12.6. The van der Waals surface area contributed by atoms with Crippen molar-refractivity contribution in [3.63, 3.8) is 0 Å². The molecule has 0 N–H and O–H groups in total. The Hall–Kier alpha value is -2.38. The summed E-state index contributed by atoms with van der Waals surface area (Å²) in [5.74, 6) is 0.553. The fraction of sp³-hybridized carbons (Fsp3) is 0.350. The smallest absolute Gasteiger partial charge is 0.264 e. The second-order valence-corrected chi connectivity index (χ2v) is 9.08. The number of anilines is 1. The van der Waals surface area contributed by atoms with Crippen molar-refractivity contribution in [3.05, 3.63) is 53.1 Å². The van der Waals surface area contributed by atoms with Gasteiger partial charge >= 0.3 is 0 Å². The molecule has 144 valence electrons. The number of hydrogen-bond acceptors (Lipinski definition) is 4. The summed E-state index contributed by atoms with van der Waals surface area (Å²) < 4.78 is 31.5. The Morgan fingerprint density at radius 2 is 1.89 bits per heavy atom. The first-order chi connectivity index (χ1) is 12.7. The Morgan fingerprint density at radius 3 is 2.56 bits per heavy atom. The van der Waals surface area contributed by atoms with Crippen LogP contribution in [-0.2, 0) is 21.2 Å². The van der Waals surface area contributed by atoms with Crippen LogP contribution in [0.4, 0.5) is 5.69 Å². The lowest BCUT2D eigenvalue weighted by Gasteiger charge is -2.19. The molecule has 0 aromatic heterocycles. The largest absolute Gasteiger partial charge is 0.483 e. The molecule has 2 aromatic carbocycles. The molecule has 0 spiro atoms. The van der Waals surface area contributed by atoms with E-state index in [-0.39, 0.29) is 17.4 Å². The summed E-state index contributed by atoms with van der Waals surface area (Å²) in [5.41, 5.74) is 3.74. The summed E-state index contributed by atoms with van der Waals surface area (Å²) in [6.45, 7) is 4.43. The molecule has 0 saturated carbocycles. The maximum Gasteiger partial charge on any atom is 0.264 e. The maximum atomic E-state index is 12.6. The van der Waals surface area contributed by atoms with E-state index in [1.807, 2.05) is 32.0 Å². The predicted octanol–water partition coefficient (Wildman–Crippen LogP) is 2.52. The van der Waals surface area contributed by atoms with Crippen LogP contribution in [0.2, 0.25) is 0 Å². The molecule has 0 aliphatic carbocycles. The summed E-state index contributed by atoms with van der Waals surface area (Å²) in [5, 5.41) is 0. The van der Waals surface area contributed by atoms with Gasteiger partial charge < -0.3 is 9.64 Å². The number of fused-ring (bicyclic) bond motifs is 1. The fourth-order valence-corrected chi connectivity index (χ4v) is 4.14. The van der Waals surface area contributed by atoms with Gasteiger partial charge in [-0.15, -0.1) is 0 Å². The van der Waals surface area contributed by atoms with Gasteiger partial charge in [-0.1, -0.05) is 17.7 Å². The SMILES string of the molecule is Cc1ccc(OCC(=O)N2CCc3cc(S(=O)(=O)N(C)C)ccc32)c(C)c1. The molecule has 1 aliphatic heterocycles. The number of rotatable bonds is 5. The second kappa shape index (κ2) is 7.32. The highest BCUT2D eigenvalue weighted by atomic mass is 32.2. The van der Waals surface area contributed by atoms with Crippen molar-refractivity contribution >= 4 is 21.6 Å². The van der Waals surface area contributed by atoms with E-state index in [9.17, 15) is 13.2 Å². The zero-order valence-electron chi connectivity index (χ0n) is 16.0. The van der Waals surface area contributed by atoms with Gasteiger partial charge in [0.25, 0.3) is 5.91 Å². The molecule has 0 saturated heterocycles. The number of carbonyl (C=O) groups excluding carboxylic acids is 1. The molecule has 0 unspecified atom stereocenters. The van der Waals surface area contributed by atoms with E-state index in [2.05, 4.69) is 0 Å². The molecule has 0 atom stereocenters. The van der Waals surface area contributed by atoms with Crippen LogP contribution in [0.1, 0.15) is 16.7 Å². The standard InChI is InChI=1S/C20H24N2O4S/c1-14-5-8-19(15(2)11-14)26-13-20(23)22-10-9-16-12-17(6-7-18(16)22)27(24,25)21(3)4/h5-8,11-12H,9-10,13H2,1-4H3. The molecule has 0 bridgehead atoms. The lowest BCUT2D eigenvalue weighted by Crippen LogP contribution is -2.33. The number of aryl methyl sites for hydroxylation is 2. The molecule has 1 amide bonds. The number of benzene rings is 2. The lowest BCUT2D eigenvalue weighted by atomic mass is 10.1. The summed E-state index contributed by atoms with van der Waals surface area (Å²) in [6, 6.07) is 10.7. The average Bonchev–Trinajstić information content (AvgIpc) is 3.03. The second-order valence-electron chi connectivity index (χ2n) is 6.93. The van der Waals surface area contributed by atoms with Gasteiger partial charge in [-0.3, -0.25) is 4.79 Å². The summed E-state index contributed by atoms with van der Waals surface area (Å²) in [7, 11) is -0.480. The molecule has 0 radical (unpaired) electrons. The van der Waals surface area contributed by atoms with Crippen molar-refractivity contribution in [2.75, 3.05) is 32.1 Å². The van der Waals surface area contributed by atoms with Gasteiger partial charge in [0.2, 0.25) is 10.0 Å². The van der Waals surface area contributed by atoms with Gasteiger partial charge in [0.15, 0.2) is 6.61 Å². The average molecular weight is 388 g/mol. The molecule has 3 rings (SSSR count). The molecule has 7 heteroatoms. The first-order valence-electron chi connectivity index (χ1n) is 8.76. The molecule has 2 aromatic rings. The summed E-state index contributed by atoms with van der Waals surface area (Å²) in [4.78, 5) is 14.5. The van der Waals surface area contributed by atoms with Crippen LogP contribution in [0, 0.1) is 13.8 Å². The van der Waals surface area contributed by atoms with Crippen LogP contribution < -0.4 is 9.64 Å². The molecule has 27 heavy (non-hydrogen) atoms. The van der Waals surface area contributed by atoms with Crippen LogP contribution in [0.15, 0.2) is 41.3 Å². The Balaban J connectivity index is 1.74. The highest BCUT2D eigenvalue weighted by Gasteiger charge is 2.27. The fourth-order valence-electron chi connectivity index (χ4n) is 3.19. The quantitative estimate of drug-likeness (QED) is 0.789. The number of ether oxygens (including phenoxy) is 1. The summed E-state index contributed by atoms with van der Waals surface area (Å²) >= 11 is 0. The van der Waals surface area contributed by atoms with E-state index in [4.69, 9.17) is 4.74 Å². The van der Waals surface area contributed by atoms with Crippen molar-refractivity contribution in [1.82, 2.24) is 4.31 Å². The number of carbonyl (C=O) groups is 1. The van der Waals surface area contributed by atoms with Crippen LogP contribution >= 0.6 is 0 Å². The summed E-state index contributed by atoms with van der Waals surface area (Å²) in [6.07, 6.45) is 0.626. The van der Waals surface area contributed by atoms with Crippen LogP contribution in [0.25, 0.3) is 0 Å². The lowest BCUT2D eigenvalue weighted by molar-refractivity contribution is -0.120. The molecular formula is C20H24N2O4S. The Morgan fingerprint density at radius 1 is 1.15 bits per heavy atom. The third-order valence-electron chi connectivity index (χ3n) is 4.71. The van der Waals surface area contributed by atoms with Crippen molar-refractivity contribution in [2.24, 2.45) is 0 Å². The zero-order chi connectivity index (χ0) is 19.8. The van der Waals surface area contributed by atoms with Gasteiger partial charge in [-0.05, 0) is 55.7 Å². The normalized spacial score (nSPS) is 13.7. The Kier molecular flexibility index (Phi) is 5.26. The predicted molar refractivity (Wildman–Crippen MR) is 105 cm³/mol. The van der Waals surface area contributed by atoms with E-state index in [0.29, 0.717) is 18.7 Å². The van der Waals surface area contributed by atoms with Crippen LogP contribution in [0.5, 0.6) is 5.75 Å². The molecule has 0 fully saturated rings. The monoisotopic (exact) mass is 388 g/mol. The van der Waals surface area contributed by atoms with Crippen LogP contribution in [0.3, 0.4) is 0 Å². The minimum absolute atomic E-state index is 0.0545. The van der Waals surface area contributed by atoms with Gasteiger partial charge in [0, 0.05) is 26.3 Å². The van der Waals surface area contributed by atoms with E-state index in [1.165, 1.54) is 18.4 Å². The van der Waals surface area contributed by atoms with E-state index >= 15 is 0 Å². The highest BCUT2D eigenvalue weighted by Crippen LogP contribution is 2.31. The molecule has 1 aliphatic rings. The Labute approximate surface area is 160 Å². The minimum atomic E-state index is -3.49. The molecule has 6 nitrogen and oxygen atoms in total. The zero-order valence-corrected chi connectivity index (χ0v) is 16.8. The van der Waals surface area contributed by atoms with Gasteiger partial charge in [0.05, 0.1) is 4.90 Å². The first kappa shape index (κ1) is 19.4. The molecule has 1 heterocycles.